The van der Waals surface area contributed by atoms with Crippen LogP contribution in [0.15, 0.2) is 24.3 Å². The molecule has 0 aliphatic rings. The number of aromatic carboxylic acids is 1. The molecule has 0 bridgehead atoms. The quantitative estimate of drug-likeness (QED) is 0.855. The lowest BCUT2D eigenvalue weighted by Gasteiger charge is -2.02. The van der Waals surface area contributed by atoms with E-state index in [4.69, 9.17) is 16.7 Å². The Hall–Kier alpha value is -0.800. The van der Waals surface area contributed by atoms with Crippen molar-refractivity contribution in [3.05, 3.63) is 40.4 Å². The lowest BCUT2D eigenvalue weighted by atomic mass is 10.1. The first kappa shape index (κ1) is 12.3. The zero-order valence-corrected chi connectivity index (χ0v) is 10.3. The maximum absolute atomic E-state index is 10.9. The summed E-state index contributed by atoms with van der Waals surface area (Å²) in [4.78, 5) is 10.9. The standard InChI is InChI=1S/C11H10BrClO2/c12-7-2-1-4-8-9(11(14)15)5-3-6-10(8)13/h1,3-6H,2,7H2,(H,14,15). The van der Waals surface area contributed by atoms with Crippen molar-refractivity contribution in [3.63, 3.8) is 0 Å². The highest BCUT2D eigenvalue weighted by Crippen LogP contribution is 2.21. The van der Waals surface area contributed by atoms with Crippen molar-refractivity contribution in [1.29, 1.82) is 0 Å². The van der Waals surface area contributed by atoms with Gasteiger partial charge in [-0.05, 0) is 18.6 Å². The minimum absolute atomic E-state index is 0.230. The van der Waals surface area contributed by atoms with Crippen molar-refractivity contribution >= 4 is 39.6 Å². The van der Waals surface area contributed by atoms with Crippen LogP contribution in [0.3, 0.4) is 0 Å². The van der Waals surface area contributed by atoms with E-state index in [0.717, 1.165) is 11.8 Å². The third-order valence-electron chi connectivity index (χ3n) is 1.84. The predicted octanol–water partition coefficient (Wildman–Crippen LogP) is 3.84. The topological polar surface area (TPSA) is 37.3 Å². The van der Waals surface area contributed by atoms with Gasteiger partial charge >= 0.3 is 5.97 Å². The molecule has 1 aromatic carbocycles. The average molecular weight is 290 g/mol. The highest BCUT2D eigenvalue weighted by Gasteiger charge is 2.09. The zero-order valence-electron chi connectivity index (χ0n) is 7.91. The van der Waals surface area contributed by atoms with Crippen LogP contribution in [0.2, 0.25) is 5.02 Å². The lowest BCUT2D eigenvalue weighted by Crippen LogP contribution is -1.99. The Balaban J connectivity index is 3.07. The first-order valence-electron chi connectivity index (χ1n) is 4.41. The molecular formula is C11H10BrClO2. The number of alkyl halides is 1. The molecule has 0 aliphatic heterocycles. The van der Waals surface area contributed by atoms with Crippen LogP contribution in [0.25, 0.3) is 6.08 Å². The van der Waals surface area contributed by atoms with E-state index in [9.17, 15) is 4.79 Å². The summed E-state index contributed by atoms with van der Waals surface area (Å²) in [6.07, 6.45) is 4.47. The van der Waals surface area contributed by atoms with Crippen LogP contribution in [-0.2, 0) is 0 Å². The summed E-state index contributed by atoms with van der Waals surface area (Å²) in [6.45, 7) is 0. The molecule has 0 heterocycles. The largest absolute Gasteiger partial charge is 0.478 e. The molecule has 0 saturated carbocycles. The van der Waals surface area contributed by atoms with Crippen LogP contribution in [0.5, 0.6) is 0 Å². The monoisotopic (exact) mass is 288 g/mol. The van der Waals surface area contributed by atoms with Gasteiger partial charge in [0.15, 0.2) is 0 Å². The average Bonchev–Trinajstić information content (AvgIpc) is 2.20. The van der Waals surface area contributed by atoms with Crippen molar-refractivity contribution in [2.75, 3.05) is 5.33 Å². The number of rotatable bonds is 4. The Labute approximate surface area is 102 Å². The van der Waals surface area contributed by atoms with Gasteiger partial charge in [0.05, 0.1) is 5.56 Å². The molecule has 15 heavy (non-hydrogen) atoms. The minimum Gasteiger partial charge on any atom is -0.478 e. The van der Waals surface area contributed by atoms with Gasteiger partial charge in [-0.15, -0.1) is 0 Å². The van der Waals surface area contributed by atoms with Crippen LogP contribution in [-0.4, -0.2) is 16.4 Å². The van der Waals surface area contributed by atoms with Gasteiger partial charge in [0, 0.05) is 15.9 Å². The molecule has 0 spiro atoms. The third kappa shape index (κ3) is 3.36. The molecule has 0 saturated heterocycles. The molecule has 0 radical (unpaired) electrons. The highest BCUT2D eigenvalue weighted by atomic mass is 79.9. The summed E-state index contributed by atoms with van der Waals surface area (Å²) in [7, 11) is 0. The summed E-state index contributed by atoms with van der Waals surface area (Å²) in [6, 6.07) is 4.86. The molecule has 0 atom stereocenters. The Bertz CT molecular complexity index is 388. The van der Waals surface area contributed by atoms with E-state index >= 15 is 0 Å². The Morgan fingerprint density at radius 3 is 2.87 bits per heavy atom. The zero-order chi connectivity index (χ0) is 11.3. The van der Waals surface area contributed by atoms with Gasteiger partial charge in [0.2, 0.25) is 0 Å². The van der Waals surface area contributed by atoms with Crippen molar-refractivity contribution in [3.8, 4) is 0 Å². The summed E-state index contributed by atoms with van der Waals surface area (Å²) in [5.74, 6) is -0.962. The summed E-state index contributed by atoms with van der Waals surface area (Å²) in [5.41, 5.74) is 0.793. The molecule has 1 aromatic rings. The number of carbonyl (C=O) groups is 1. The van der Waals surface area contributed by atoms with Crippen molar-refractivity contribution in [2.45, 2.75) is 6.42 Å². The first-order chi connectivity index (χ1) is 7.16. The Kier molecular flexibility index (Phi) is 4.85. The molecule has 1 rings (SSSR count). The van der Waals surface area contributed by atoms with Gasteiger partial charge in [0.1, 0.15) is 0 Å². The lowest BCUT2D eigenvalue weighted by molar-refractivity contribution is 0.0696. The number of carboxylic acid groups (broad SMARTS) is 1. The molecule has 1 N–H and O–H groups in total. The summed E-state index contributed by atoms with van der Waals surface area (Å²) >= 11 is 9.21. The van der Waals surface area contributed by atoms with Gasteiger partial charge in [-0.3, -0.25) is 0 Å². The second-order valence-corrected chi connectivity index (χ2v) is 4.09. The molecule has 2 nitrogen and oxygen atoms in total. The van der Waals surface area contributed by atoms with E-state index in [-0.39, 0.29) is 5.56 Å². The summed E-state index contributed by atoms with van der Waals surface area (Å²) in [5, 5.41) is 10.2. The SMILES string of the molecule is O=C(O)c1cccc(Cl)c1C=CCCBr. The van der Waals surface area contributed by atoms with E-state index < -0.39 is 5.97 Å². The Morgan fingerprint density at radius 2 is 2.27 bits per heavy atom. The van der Waals surface area contributed by atoms with Gasteiger partial charge in [0.25, 0.3) is 0 Å². The highest BCUT2D eigenvalue weighted by molar-refractivity contribution is 9.09. The normalized spacial score (nSPS) is 10.8. The van der Waals surface area contributed by atoms with Gasteiger partial charge < -0.3 is 5.11 Å². The molecule has 80 valence electrons. The van der Waals surface area contributed by atoms with E-state index in [1.54, 1.807) is 24.3 Å². The van der Waals surface area contributed by atoms with Crippen LogP contribution < -0.4 is 0 Å². The number of carboxylic acids is 1. The van der Waals surface area contributed by atoms with E-state index in [2.05, 4.69) is 15.9 Å². The fourth-order valence-corrected chi connectivity index (χ4v) is 1.66. The number of halogens is 2. The maximum Gasteiger partial charge on any atom is 0.336 e. The van der Waals surface area contributed by atoms with Crippen LogP contribution in [0.1, 0.15) is 22.3 Å². The predicted molar refractivity (Wildman–Crippen MR) is 65.9 cm³/mol. The minimum atomic E-state index is -0.962. The van der Waals surface area contributed by atoms with Crippen molar-refractivity contribution in [2.24, 2.45) is 0 Å². The first-order valence-corrected chi connectivity index (χ1v) is 5.91. The van der Waals surface area contributed by atoms with E-state index in [1.165, 1.54) is 0 Å². The smallest absolute Gasteiger partial charge is 0.336 e. The maximum atomic E-state index is 10.9. The second kappa shape index (κ2) is 5.93. The molecule has 0 amide bonds. The molecular weight excluding hydrogens is 279 g/mol. The Morgan fingerprint density at radius 1 is 1.53 bits per heavy atom. The third-order valence-corrected chi connectivity index (χ3v) is 2.63. The van der Waals surface area contributed by atoms with E-state index in [1.807, 2.05) is 6.08 Å². The molecule has 4 heteroatoms. The number of hydrogen-bond donors (Lipinski definition) is 1. The molecule has 0 unspecified atom stereocenters. The van der Waals surface area contributed by atoms with Gasteiger partial charge in [-0.2, -0.15) is 0 Å². The van der Waals surface area contributed by atoms with Crippen molar-refractivity contribution in [1.82, 2.24) is 0 Å². The fraction of sp³-hybridized carbons (Fsp3) is 0.182. The van der Waals surface area contributed by atoms with Crippen LogP contribution >= 0.6 is 27.5 Å². The number of hydrogen-bond acceptors (Lipinski definition) is 1. The van der Waals surface area contributed by atoms with Crippen molar-refractivity contribution < 1.29 is 9.90 Å². The fourth-order valence-electron chi connectivity index (χ4n) is 1.16. The van der Waals surface area contributed by atoms with Gasteiger partial charge in [-0.25, -0.2) is 4.79 Å². The van der Waals surface area contributed by atoms with Crippen LogP contribution in [0.4, 0.5) is 0 Å². The second-order valence-electron chi connectivity index (χ2n) is 2.89. The molecule has 0 fully saturated rings. The number of benzene rings is 1. The van der Waals surface area contributed by atoms with Gasteiger partial charge in [-0.1, -0.05) is 45.7 Å². The molecule has 0 aromatic heterocycles. The van der Waals surface area contributed by atoms with Crippen LogP contribution in [0, 0.1) is 0 Å². The van der Waals surface area contributed by atoms with E-state index in [0.29, 0.717) is 10.6 Å². The summed E-state index contributed by atoms with van der Waals surface area (Å²) < 4.78 is 0. The molecule has 0 aliphatic carbocycles. The number of allylic oxidation sites excluding steroid dienone is 1.